The molecule has 0 bridgehead atoms. The van der Waals surface area contributed by atoms with Crippen molar-refractivity contribution in [3.05, 3.63) is 59.2 Å². The minimum atomic E-state index is -4.98. The summed E-state index contributed by atoms with van der Waals surface area (Å²) < 4.78 is 102. The molecule has 3 rings (SSSR count). The predicted octanol–water partition coefficient (Wildman–Crippen LogP) is 6.36. The van der Waals surface area contributed by atoms with Crippen LogP contribution in [0.15, 0.2) is 36.5 Å². The van der Waals surface area contributed by atoms with E-state index in [1.165, 1.54) is 12.3 Å². The third-order valence-electron chi connectivity index (χ3n) is 5.72. The molecule has 0 aliphatic carbocycles. The van der Waals surface area contributed by atoms with Crippen LogP contribution in [0.3, 0.4) is 0 Å². The summed E-state index contributed by atoms with van der Waals surface area (Å²) in [5, 5.41) is 11.4. The van der Waals surface area contributed by atoms with Gasteiger partial charge in [-0.25, -0.2) is 18.2 Å². The number of nitrogens with one attached hydrogen (secondary N) is 1. The summed E-state index contributed by atoms with van der Waals surface area (Å²) in [4.78, 5) is 6.92. The monoisotopic (exact) mass is 506 g/mol. The second-order valence-electron chi connectivity index (χ2n) is 9.21. The largest absolute Gasteiger partial charge is 0.475 e. The van der Waals surface area contributed by atoms with Crippen LogP contribution < -0.4 is 4.74 Å². The molecule has 3 aromatic rings. The van der Waals surface area contributed by atoms with E-state index in [1.807, 2.05) is 0 Å². The fourth-order valence-corrected chi connectivity index (χ4v) is 4.17. The van der Waals surface area contributed by atoms with Crippen molar-refractivity contribution >= 4 is 10.9 Å². The van der Waals surface area contributed by atoms with Gasteiger partial charge in [-0.1, -0.05) is 6.92 Å². The summed E-state index contributed by atoms with van der Waals surface area (Å²) in [5.74, 6) is -0.797. The molecule has 2 N–H and O–H groups in total. The number of benzene rings is 1. The van der Waals surface area contributed by atoms with Crippen molar-refractivity contribution in [2.75, 3.05) is 6.67 Å². The number of rotatable bonds is 9. The van der Waals surface area contributed by atoms with Crippen molar-refractivity contribution in [1.82, 2.24) is 9.97 Å². The summed E-state index contributed by atoms with van der Waals surface area (Å²) in [7, 11) is 0. The van der Waals surface area contributed by atoms with Crippen LogP contribution in [-0.2, 0) is 18.0 Å². The first-order valence-electron chi connectivity index (χ1n) is 10.7. The highest BCUT2D eigenvalue weighted by atomic mass is 19.4. The van der Waals surface area contributed by atoms with Crippen molar-refractivity contribution < 1.29 is 40.6 Å². The van der Waals surface area contributed by atoms with Crippen LogP contribution in [0.2, 0.25) is 0 Å². The maximum absolute atomic E-state index is 14.2. The summed E-state index contributed by atoms with van der Waals surface area (Å²) in [6.45, 7) is 3.00. The minimum absolute atomic E-state index is 0.128. The van der Waals surface area contributed by atoms with Gasteiger partial charge >= 0.3 is 6.18 Å². The smallest absolute Gasteiger partial charge is 0.416 e. The first-order chi connectivity index (χ1) is 16.2. The molecule has 0 saturated carbocycles. The van der Waals surface area contributed by atoms with Gasteiger partial charge in [0.05, 0.1) is 30.1 Å². The van der Waals surface area contributed by atoms with E-state index in [2.05, 4.69) is 9.97 Å². The van der Waals surface area contributed by atoms with Gasteiger partial charge in [-0.2, -0.15) is 13.2 Å². The van der Waals surface area contributed by atoms with Crippen molar-refractivity contribution in [1.29, 1.82) is 0 Å². The number of halogens is 7. The topological polar surface area (TPSA) is 58.1 Å². The third-order valence-corrected chi connectivity index (χ3v) is 5.72. The molecule has 2 heterocycles. The van der Waals surface area contributed by atoms with E-state index in [0.717, 1.165) is 6.92 Å². The quantitative estimate of drug-likeness (QED) is 0.332. The van der Waals surface area contributed by atoms with Gasteiger partial charge in [0.15, 0.2) is 0 Å². The van der Waals surface area contributed by atoms with Crippen LogP contribution in [0, 0.1) is 5.82 Å². The maximum Gasteiger partial charge on any atom is 0.416 e. The highest BCUT2D eigenvalue weighted by Gasteiger charge is 2.48. The summed E-state index contributed by atoms with van der Waals surface area (Å²) in [5.41, 5.74) is -6.81. The maximum atomic E-state index is 14.2. The van der Waals surface area contributed by atoms with Crippen LogP contribution >= 0.6 is 0 Å². The Morgan fingerprint density at radius 1 is 1.09 bits per heavy atom. The van der Waals surface area contributed by atoms with Gasteiger partial charge in [0.1, 0.15) is 11.4 Å². The lowest BCUT2D eigenvalue weighted by Crippen LogP contribution is -2.47. The second-order valence-corrected chi connectivity index (χ2v) is 9.21. The molecule has 35 heavy (non-hydrogen) atoms. The number of H-pyrrole nitrogens is 1. The molecule has 0 amide bonds. The van der Waals surface area contributed by atoms with Crippen molar-refractivity contribution in [3.8, 4) is 5.88 Å². The first-order valence-corrected chi connectivity index (χ1v) is 10.7. The number of fused-ring (bicyclic) bond motifs is 1. The Morgan fingerprint density at radius 3 is 2.34 bits per heavy atom. The van der Waals surface area contributed by atoms with Gasteiger partial charge in [0, 0.05) is 29.0 Å². The highest BCUT2D eigenvalue weighted by Crippen LogP contribution is 2.43. The molecule has 4 nitrogen and oxygen atoms in total. The van der Waals surface area contributed by atoms with Gasteiger partial charge in [-0.3, -0.25) is 4.39 Å². The number of alkyl halides is 6. The number of hydrogen-bond acceptors (Lipinski definition) is 3. The minimum Gasteiger partial charge on any atom is -0.475 e. The van der Waals surface area contributed by atoms with E-state index >= 15 is 0 Å². The van der Waals surface area contributed by atoms with E-state index in [-0.39, 0.29) is 17.7 Å². The van der Waals surface area contributed by atoms with Gasteiger partial charge < -0.3 is 14.8 Å². The van der Waals surface area contributed by atoms with Crippen LogP contribution in [0.25, 0.3) is 10.9 Å². The Balaban J connectivity index is 1.99. The number of aliphatic hydroxyl groups is 1. The Bertz CT molecular complexity index is 1180. The molecule has 0 radical (unpaired) electrons. The lowest BCUT2D eigenvalue weighted by Gasteiger charge is -2.38. The molecule has 0 spiro atoms. The average molecular weight is 506 g/mol. The number of nitrogens with zero attached hydrogens (tertiary/aromatic N) is 1. The summed E-state index contributed by atoms with van der Waals surface area (Å²) in [6.07, 6.45) is -9.01. The molecule has 0 saturated heterocycles. The predicted molar refractivity (Wildman–Crippen MR) is 116 cm³/mol. The number of aromatic amines is 1. The van der Waals surface area contributed by atoms with Crippen molar-refractivity contribution in [2.24, 2.45) is 0 Å². The molecule has 0 aliphatic rings. The fraction of sp³-hybridized carbons (Fsp3) is 0.458. The molecule has 11 heteroatoms. The lowest BCUT2D eigenvalue weighted by atomic mass is 9.71. The first kappa shape index (κ1) is 26.8. The number of hydrogen-bond donors (Lipinski definition) is 2. The Hall–Kier alpha value is -2.82. The number of ether oxygens (including phenoxy) is 1. The molecular weight excluding hydrogens is 481 g/mol. The van der Waals surface area contributed by atoms with Gasteiger partial charge in [-0.05, 0) is 50.1 Å². The van der Waals surface area contributed by atoms with Gasteiger partial charge in [0.2, 0.25) is 5.88 Å². The van der Waals surface area contributed by atoms with Crippen LogP contribution in [0.4, 0.5) is 30.7 Å². The van der Waals surface area contributed by atoms with E-state index < -0.39 is 60.1 Å². The summed E-state index contributed by atoms with van der Waals surface area (Å²) in [6, 6.07) is 4.49. The van der Waals surface area contributed by atoms with Crippen molar-refractivity contribution in [2.45, 2.75) is 63.3 Å². The zero-order valence-electron chi connectivity index (χ0n) is 19.2. The molecular formula is C24H25F7N2O2. The van der Waals surface area contributed by atoms with Crippen LogP contribution in [0.5, 0.6) is 5.88 Å². The third kappa shape index (κ3) is 5.88. The zero-order valence-corrected chi connectivity index (χ0v) is 19.2. The van der Waals surface area contributed by atoms with E-state index in [1.54, 1.807) is 19.9 Å². The Morgan fingerprint density at radius 2 is 1.77 bits per heavy atom. The average Bonchev–Trinajstić information content (AvgIpc) is 3.13. The molecule has 2 atom stereocenters. The molecule has 192 valence electrons. The van der Waals surface area contributed by atoms with Crippen LogP contribution in [0.1, 0.15) is 44.0 Å². The van der Waals surface area contributed by atoms with E-state index in [9.17, 15) is 35.8 Å². The number of aromatic nitrogens is 2. The Labute approximate surface area is 197 Å². The Kier molecular flexibility index (Phi) is 7.40. The fourth-order valence-electron chi connectivity index (χ4n) is 4.17. The van der Waals surface area contributed by atoms with Crippen LogP contribution in [-0.4, -0.2) is 39.9 Å². The van der Waals surface area contributed by atoms with Gasteiger partial charge in [0.25, 0.3) is 6.43 Å². The number of pyridine rings is 1. The highest BCUT2D eigenvalue weighted by molar-refractivity contribution is 5.80. The van der Waals surface area contributed by atoms with Crippen molar-refractivity contribution in [3.63, 3.8) is 0 Å². The lowest BCUT2D eigenvalue weighted by molar-refractivity contribution is -0.140. The van der Waals surface area contributed by atoms with E-state index in [0.29, 0.717) is 29.1 Å². The van der Waals surface area contributed by atoms with Gasteiger partial charge in [-0.15, -0.1) is 0 Å². The molecule has 0 aliphatic heterocycles. The second kappa shape index (κ2) is 9.67. The molecule has 1 aromatic carbocycles. The molecule has 0 fully saturated rings. The normalized spacial score (nSPS) is 16.0. The van der Waals surface area contributed by atoms with E-state index in [4.69, 9.17) is 4.74 Å². The molecule has 2 unspecified atom stereocenters. The standard InChI is InChI=1S/C24H25F7N2O2/c1-13(2)35-20-7-14-6-16(33-19(14)10-32-20)9-23(34,21(27)28)11-22(3,12-25)18-8-15(26)4-5-17(18)24(29,30)31/h4-8,10,13,21,33-34H,9,11-12H2,1-3H3. The zero-order chi connectivity index (χ0) is 26.2. The molecule has 2 aromatic heterocycles. The summed E-state index contributed by atoms with van der Waals surface area (Å²) >= 11 is 0. The SMILES string of the molecule is CC(C)Oc1cc2cc(CC(O)(CC(C)(CF)c3cc(F)ccc3C(F)(F)F)C(F)F)[nH]c2cn1.